The number of rotatable bonds is 4. The van der Waals surface area contributed by atoms with Crippen LogP contribution < -0.4 is 4.74 Å². The third-order valence-corrected chi connectivity index (χ3v) is 4.85. The molecule has 4 heterocycles. The van der Waals surface area contributed by atoms with Crippen molar-refractivity contribution in [2.75, 3.05) is 19.7 Å². The molecular formula is C18H22N2O3. The highest BCUT2D eigenvalue weighted by Crippen LogP contribution is 2.37. The second kappa shape index (κ2) is 6.34. The lowest BCUT2D eigenvalue weighted by molar-refractivity contribution is -0.0455. The van der Waals surface area contributed by atoms with E-state index in [0.717, 1.165) is 38.9 Å². The summed E-state index contributed by atoms with van der Waals surface area (Å²) >= 11 is 0. The van der Waals surface area contributed by atoms with E-state index in [1.54, 1.807) is 12.5 Å². The number of hydrogen-bond acceptors (Lipinski definition) is 5. The second-order valence-corrected chi connectivity index (χ2v) is 6.51. The van der Waals surface area contributed by atoms with E-state index < -0.39 is 0 Å². The Morgan fingerprint density at radius 2 is 2.17 bits per heavy atom. The van der Waals surface area contributed by atoms with Crippen molar-refractivity contribution in [3.63, 3.8) is 0 Å². The third kappa shape index (κ3) is 3.41. The zero-order valence-electron chi connectivity index (χ0n) is 13.2. The van der Waals surface area contributed by atoms with Gasteiger partial charge in [0.15, 0.2) is 0 Å². The number of pyridine rings is 1. The largest absolute Gasteiger partial charge is 0.472 e. The lowest BCUT2D eigenvalue weighted by Crippen LogP contribution is -2.44. The van der Waals surface area contributed by atoms with Crippen molar-refractivity contribution in [1.29, 1.82) is 0 Å². The van der Waals surface area contributed by atoms with Gasteiger partial charge in [0.2, 0.25) is 5.88 Å². The molecule has 0 radical (unpaired) electrons. The molecule has 2 saturated heterocycles. The van der Waals surface area contributed by atoms with Gasteiger partial charge in [-0.25, -0.2) is 4.98 Å². The molecular weight excluding hydrogens is 292 g/mol. The molecule has 2 aliphatic rings. The highest BCUT2D eigenvalue weighted by Gasteiger charge is 2.43. The monoisotopic (exact) mass is 314 g/mol. The zero-order chi connectivity index (χ0) is 15.5. The fourth-order valence-corrected chi connectivity index (χ4v) is 3.57. The first-order valence-corrected chi connectivity index (χ1v) is 8.26. The Hall–Kier alpha value is -1.85. The van der Waals surface area contributed by atoms with E-state index in [4.69, 9.17) is 13.9 Å². The molecule has 2 aromatic rings. The van der Waals surface area contributed by atoms with E-state index >= 15 is 0 Å². The lowest BCUT2D eigenvalue weighted by Gasteiger charge is -2.38. The minimum atomic E-state index is -0.00760. The molecule has 0 aromatic carbocycles. The van der Waals surface area contributed by atoms with E-state index in [-0.39, 0.29) is 11.7 Å². The van der Waals surface area contributed by atoms with Gasteiger partial charge in [-0.2, -0.15) is 0 Å². The molecule has 0 unspecified atom stereocenters. The molecule has 0 amide bonds. The van der Waals surface area contributed by atoms with Crippen LogP contribution in [0.25, 0.3) is 0 Å². The standard InChI is InChI=1S/C18H22N2O3/c1-2-7-19-17(3-1)23-16-11-18(22-14-16)5-8-20(9-6-18)12-15-4-10-21-13-15/h1-4,7,10,13,16H,5-6,8-9,11-12,14H2/t16-/m1/s1. The molecule has 1 atom stereocenters. The van der Waals surface area contributed by atoms with Crippen molar-refractivity contribution in [1.82, 2.24) is 9.88 Å². The highest BCUT2D eigenvalue weighted by molar-refractivity contribution is 5.11. The van der Waals surface area contributed by atoms with E-state index in [9.17, 15) is 0 Å². The van der Waals surface area contributed by atoms with Crippen molar-refractivity contribution in [3.8, 4) is 5.88 Å². The Morgan fingerprint density at radius 1 is 1.26 bits per heavy atom. The highest BCUT2D eigenvalue weighted by atomic mass is 16.6. The normalized spacial score (nSPS) is 24.1. The maximum atomic E-state index is 6.15. The number of piperidine rings is 1. The van der Waals surface area contributed by atoms with Crippen molar-refractivity contribution >= 4 is 0 Å². The van der Waals surface area contributed by atoms with Gasteiger partial charge in [-0.1, -0.05) is 6.07 Å². The van der Waals surface area contributed by atoms with Crippen LogP contribution >= 0.6 is 0 Å². The summed E-state index contributed by atoms with van der Waals surface area (Å²) in [4.78, 5) is 6.70. The van der Waals surface area contributed by atoms with E-state index in [0.29, 0.717) is 12.5 Å². The van der Waals surface area contributed by atoms with Crippen LogP contribution in [0.2, 0.25) is 0 Å². The topological polar surface area (TPSA) is 47.7 Å². The average Bonchev–Trinajstić information content (AvgIpc) is 3.22. The predicted molar refractivity (Wildman–Crippen MR) is 85.2 cm³/mol. The smallest absolute Gasteiger partial charge is 0.213 e. The van der Waals surface area contributed by atoms with Gasteiger partial charge in [-0.15, -0.1) is 0 Å². The number of hydrogen-bond donors (Lipinski definition) is 0. The summed E-state index contributed by atoms with van der Waals surface area (Å²) in [6.07, 6.45) is 8.52. The molecule has 2 aliphatic heterocycles. The summed E-state index contributed by atoms with van der Waals surface area (Å²) < 4.78 is 17.3. The molecule has 1 spiro atoms. The van der Waals surface area contributed by atoms with Gasteiger partial charge < -0.3 is 13.9 Å². The number of furan rings is 1. The van der Waals surface area contributed by atoms with E-state index in [1.807, 2.05) is 30.5 Å². The van der Waals surface area contributed by atoms with Crippen LogP contribution in [-0.4, -0.2) is 41.3 Å². The van der Waals surface area contributed by atoms with Gasteiger partial charge in [0.05, 0.1) is 24.7 Å². The van der Waals surface area contributed by atoms with Gasteiger partial charge in [0.1, 0.15) is 6.10 Å². The van der Waals surface area contributed by atoms with Crippen molar-refractivity contribution in [2.45, 2.75) is 37.5 Å². The Balaban J connectivity index is 1.29. The van der Waals surface area contributed by atoms with Crippen LogP contribution in [0.15, 0.2) is 47.4 Å². The Bertz CT molecular complexity index is 606. The maximum absolute atomic E-state index is 6.15. The predicted octanol–water partition coefficient (Wildman–Crippen LogP) is 2.88. The molecule has 0 N–H and O–H groups in total. The van der Waals surface area contributed by atoms with Gasteiger partial charge in [0, 0.05) is 43.9 Å². The average molecular weight is 314 g/mol. The van der Waals surface area contributed by atoms with Crippen molar-refractivity contribution < 1.29 is 13.9 Å². The molecule has 2 aromatic heterocycles. The summed E-state index contributed by atoms with van der Waals surface area (Å²) in [5.41, 5.74) is 1.23. The first-order chi connectivity index (χ1) is 11.3. The van der Waals surface area contributed by atoms with Crippen LogP contribution in [0.5, 0.6) is 5.88 Å². The Labute approximate surface area is 136 Å². The number of aromatic nitrogens is 1. The molecule has 5 nitrogen and oxygen atoms in total. The zero-order valence-corrected chi connectivity index (χ0v) is 13.2. The minimum Gasteiger partial charge on any atom is -0.472 e. The number of ether oxygens (including phenoxy) is 2. The summed E-state index contributed by atoms with van der Waals surface area (Å²) in [7, 11) is 0. The molecule has 4 rings (SSSR count). The Kier molecular flexibility index (Phi) is 4.06. The SMILES string of the molecule is c1ccc(O[C@H]2COC3(CCN(Cc4ccoc4)CC3)C2)nc1. The molecule has 122 valence electrons. The summed E-state index contributed by atoms with van der Waals surface area (Å²) in [6.45, 7) is 3.74. The maximum Gasteiger partial charge on any atom is 0.213 e. The molecule has 5 heteroatoms. The van der Waals surface area contributed by atoms with Gasteiger partial charge in [-0.05, 0) is 25.0 Å². The molecule has 0 saturated carbocycles. The fourth-order valence-electron chi connectivity index (χ4n) is 3.57. The second-order valence-electron chi connectivity index (χ2n) is 6.51. The molecule has 0 aliphatic carbocycles. The van der Waals surface area contributed by atoms with Crippen LogP contribution in [0.1, 0.15) is 24.8 Å². The first-order valence-electron chi connectivity index (χ1n) is 8.26. The van der Waals surface area contributed by atoms with Gasteiger partial charge >= 0.3 is 0 Å². The molecule has 0 bridgehead atoms. The Morgan fingerprint density at radius 3 is 2.91 bits per heavy atom. The first kappa shape index (κ1) is 14.7. The van der Waals surface area contributed by atoms with E-state index in [1.165, 1.54) is 5.56 Å². The molecule has 2 fully saturated rings. The summed E-state index contributed by atoms with van der Waals surface area (Å²) in [6, 6.07) is 7.78. The van der Waals surface area contributed by atoms with Crippen LogP contribution in [-0.2, 0) is 11.3 Å². The minimum absolute atomic E-state index is 0.00760. The molecule has 23 heavy (non-hydrogen) atoms. The summed E-state index contributed by atoms with van der Waals surface area (Å²) in [5.74, 6) is 0.690. The fraction of sp³-hybridized carbons (Fsp3) is 0.500. The quantitative estimate of drug-likeness (QED) is 0.868. The third-order valence-electron chi connectivity index (χ3n) is 4.85. The number of likely N-dealkylation sites (tertiary alicyclic amines) is 1. The van der Waals surface area contributed by atoms with Crippen LogP contribution in [0.3, 0.4) is 0 Å². The van der Waals surface area contributed by atoms with E-state index in [2.05, 4.69) is 9.88 Å². The van der Waals surface area contributed by atoms with Crippen molar-refractivity contribution in [3.05, 3.63) is 48.6 Å². The van der Waals surface area contributed by atoms with Gasteiger partial charge in [0.25, 0.3) is 0 Å². The van der Waals surface area contributed by atoms with Crippen LogP contribution in [0.4, 0.5) is 0 Å². The summed E-state index contributed by atoms with van der Waals surface area (Å²) in [5, 5.41) is 0. The van der Waals surface area contributed by atoms with Gasteiger partial charge in [-0.3, -0.25) is 4.90 Å². The lowest BCUT2D eigenvalue weighted by atomic mass is 9.88. The van der Waals surface area contributed by atoms with Crippen LogP contribution in [0, 0.1) is 0 Å². The number of nitrogens with zero attached hydrogens (tertiary/aromatic N) is 2. The van der Waals surface area contributed by atoms with Crippen molar-refractivity contribution in [2.24, 2.45) is 0 Å².